The van der Waals surface area contributed by atoms with E-state index in [9.17, 15) is 4.79 Å². The highest BCUT2D eigenvalue weighted by atomic mass is 79.9. The van der Waals surface area contributed by atoms with Gasteiger partial charge in [0.15, 0.2) is 0 Å². The van der Waals surface area contributed by atoms with E-state index in [0.717, 1.165) is 27.8 Å². The summed E-state index contributed by atoms with van der Waals surface area (Å²) >= 11 is 3.47. The Morgan fingerprint density at radius 1 is 1.07 bits per heavy atom. The molecule has 1 N–H and O–H groups in total. The van der Waals surface area contributed by atoms with E-state index in [4.69, 9.17) is 5.10 Å². The predicted octanol–water partition coefficient (Wildman–Crippen LogP) is 6.21. The number of hydrogen-bond donors (Lipinski definition) is 1. The Balaban J connectivity index is 1.57. The first kappa shape index (κ1) is 18.9. The molecule has 4 nitrogen and oxygen atoms in total. The number of anilines is 1. The lowest BCUT2D eigenvalue weighted by atomic mass is 10.0. The summed E-state index contributed by atoms with van der Waals surface area (Å²) in [5.41, 5.74) is 2.78. The van der Waals surface area contributed by atoms with Crippen LogP contribution in [-0.2, 0) is 4.79 Å². The van der Waals surface area contributed by atoms with Crippen LogP contribution in [0.25, 0.3) is 16.9 Å². The fourth-order valence-electron chi connectivity index (χ4n) is 3.84. The summed E-state index contributed by atoms with van der Waals surface area (Å²) in [4.78, 5) is 12.6. The number of aromatic nitrogens is 2. The zero-order chi connectivity index (χ0) is 19.3. The van der Waals surface area contributed by atoms with Gasteiger partial charge in [0.25, 0.3) is 0 Å². The maximum atomic E-state index is 12.6. The van der Waals surface area contributed by atoms with Crippen LogP contribution >= 0.6 is 15.9 Å². The maximum absolute atomic E-state index is 12.6. The van der Waals surface area contributed by atoms with Crippen LogP contribution in [0.2, 0.25) is 0 Å². The van der Waals surface area contributed by atoms with Crippen LogP contribution in [0.5, 0.6) is 0 Å². The molecule has 2 aromatic carbocycles. The number of carbonyl (C=O) groups excluding carboxylic acids is 1. The number of benzene rings is 2. The van der Waals surface area contributed by atoms with Gasteiger partial charge in [-0.05, 0) is 36.6 Å². The molecular formula is C23H24BrN3O. The normalized spacial score (nSPS) is 14.3. The van der Waals surface area contributed by atoms with E-state index in [1.165, 1.54) is 25.7 Å². The Bertz CT molecular complexity index is 928. The van der Waals surface area contributed by atoms with Crippen molar-refractivity contribution in [3.63, 3.8) is 0 Å². The Morgan fingerprint density at radius 2 is 1.79 bits per heavy atom. The summed E-state index contributed by atoms with van der Waals surface area (Å²) in [6, 6.07) is 19.9. The first-order valence-corrected chi connectivity index (χ1v) is 10.7. The molecule has 1 aliphatic carbocycles. The molecule has 0 atom stereocenters. The van der Waals surface area contributed by atoms with Crippen LogP contribution in [0.1, 0.15) is 38.5 Å². The van der Waals surface area contributed by atoms with Crippen LogP contribution in [-0.4, -0.2) is 15.7 Å². The van der Waals surface area contributed by atoms with Crippen LogP contribution in [0.3, 0.4) is 0 Å². The number of halogens is 1. The molecule has 0 saturated heterocycles. The molecule has 5 heteroatoms. The van der Waals surface area contributed by atoms with Gasteiger partial charge in [-0.1, -0.05) is 71.9 Å². The molecule has 0 spiro atoms. The minimum atomic E-state index is 0.0600. The van der Waals surface area contributed by atoms with Gasteiger partial charge in [-0.15, -0.1) is 0 Å². The van der Waals surface area contributed by atoms with E-state index >= 15 is 0 Å². The maximum Gasteiger partial charge on any atom is 0.225 e. The van der Waals surface area contributed by atoms with Crippen molar-refractivity contribution >= 4 is 27.7 Å². The highest BCUT2D eigenvalue weighted by molar-refractivity contribution is 9.10. The average molecular weight is 438 g/mol. The van der Waals surface area contributed by atoms with Gasteiger partial charge in [-0.3, -0.25) is 4.79 Å². The molecule has 28 heavy (non-hydrogen) atoms. The van der Waals surface area contributed by atoms with Gasteiger partial charge in [-0.25, -0.2) is 4.68 Å². The largest absolute Gasteiger partial charge is 0.311 e. The molecular weight excluding hydrogens is 414 g/mol. The van der Waals surface area contributed by atoms with Crippen molar-refractivity contribution in [1.29, 1.82) is 0 Å². The molecule has 1 amide bonds. The van der Waals surface area contributed by atoms with Gasteiger partial charge in [0.2, 0.25) is 5.91 Å². The lowest BCUT2D eigenvalue weighted by Crippen LogP contribution is -2.15. The number of rotatable bonds is 6. The third-order valence-electron chi connectivity index (χ3n) is 5.37. The SMILES string of the molecule is O=C(CCC1CCCC1)Nc1cc(-c2ccccc2)nn1-c1ccc(Br)cc1. The van der Waals surface area contributed by atoms with Crippen molar-refractivity contribution in [2.24, 2.45) is 5.92 Å². The molecule has 3 aromatic rings. The number of carbonyl (C=O) groups is 1. The molecule has 0 radical (unpaired) electrons. The second-order valence-electron chi connectivity index (χ2n) is 7.41. The summed E-state index contributed by atoms with van der Waals surface area (Å²) < 4.78 is 2.82. The topological polar surface area (TPSA) is 46.9 Å². The van der Waals surface area contributed by atoms with Crippen molar-refractivity contribution in [2.75, 3.05) is 5.32 Å². The number of hydrogen-bond acceptors (Lipinski definition) is 2. The molecule has 1 fully saturated rings. The van der Waals surface area contributed by atoms with Crippen LogP contribution in [0, 0.1) is 5.92 Å². The van der Waals surface area contributed by atoms with E-state index < -0.39 is 0 Å². The molecule has 4 rings (SSSR count). The minimum absolute atomic E-state index is 0.0600. The Labute approximate surface area is 174 Å². The molecule has 0 unspecified atom stereocenters. The monoisotopic (exact) mass is 437 g/mol. The first-order valence-electron chi connectivity index (χ1n) is 9.90. The second kappa shape index (κ2) is 8.74. The Morgan fingerprint density at radius 3 is 2.50 bits per heavy atom. The van der Waals surface area contributed by atoms with Gasteiger partial charge in [0.1, 0.15) is 5.82 Å². The molecule has 0 aliphatic heterocycles. The van der Waals surface area contributed by atoms with Gasteiger partial charge < -0.3 is 5.32 Å². The van der Waals surface area contributed by atoms with E-state index in [2.05, 4.69) is 21.2 Å². The Hall–Kier alpha value is -2.40. The van der Waals surface area contributed by atoms with E-state index in [1.54, 1.807) is 0 Å². The van der Waals surface area contributed by atoms with Gasteiger partial charge in [-0.2, -0.15) is 5.10 Å². The molecule has 1 aliphatic rings. The first-order chi connectivity index (χ1) is 13.7. The number of nitrogens with one attached hydrogen (secondary N) is 1. The fraction of sp³-hybridized carbons (Fsp3) is 0.304. The lowest BCUT2D eigenvalue weighted by Gasteiger charge is -2.11. The summed E-state index contributed by atoms with van der Waals surface area (Å²) in [6.07, 6.45) is 6.69. The number of amides is 1. The number of nitrogens with zero attached hydrogens (tertiary/aromatic N) is 2. The highest BCUT2D eigenvalue weighted by Crippen LogP contribution is 2.29. The lowest BCUT2D eigenvalue weighted by molar-refractivity contribution is -0.116. The van der Waals surface area contributed by atoms with Crippen molar-refractivity contribution < 1.29 is 4.79 Å². The molecule has 1 aromatic heterocycles. The predicted molar refractivity (Wildman–Crippen MR) is 117 cm³/mol. The summed E-state index contributed by atoms with van der Waals surface area (Å²) in [5, 5.41) is 7.85. The van der Waals surface area contributed by atoms with Crippen molar-refractivity contribution in [3.05, 3.63) is 65.1 Å². The fourth-order valence-corrected chi connectivity index (χ4v) is 4.10. The molecule has 1 heterocycles. The smallest absolute Gasteiger partial charge is 0.225 e. The zero-order valence-corrected chi connectivity index (χ0v) is 17.4. The summed E-state index contributed by atoms with van der Waals surface area (Å²) in [7, 11) is 0. The van der Waals surface area contributed by atoms with E-state index in [-0.39, 0.29) is 5.91 Å². The third-order valence-corrected chi connectivity index (χ3v) is 5.90. The van der Waals surface area contributed by atoms with Gasteiger partial charge >= 0.3 is 0 Å². The third kappa shape index (κ3) is 4.53. The zero-order valence-electron chi connectivity index (χ0n) is 15.8. The van der Waals surface area contributed by atoms with Crippen LogP contribution < -0.4 is 5.32 Å². The van der Waals surface area contributed by atoms with E-state index in [0.29, 0.717) is 18.2 Å². The van der Waals surface area contributed by atoms with Gasteiger partial charge in [0, 0.05) is 22.5 Å². The minimum Gasteiger partial charge on any atom is -0.311 e. The van der Waals surface area contributed by atoms with Crippen molar-refractivity contribution in [1.82, 2.24) is 9.78 Å². The summed E-state index contributed by atoms with van der Waals surface area (Å²) in [5.74, 6) is 1.48. The standard InChI is InChI=1S/C23H24BrN3O/c24-19-11-13-20(14-12-19)27-22(16-21(26-27)18-8-2-1-3-9-18)25-23(28)15-10-17-6-4-5-7-17/h1-3,8-9,11-14,16-17H,4-7,10,15H2,(H,25,28). The molecule has 144 valence electrons. The van der Waals surface area contributed by atoms with Crippen molar-refractivity contribution in [2.45, 2.75) is 38.5 Å². The molecule has 0 bridgehead atoms. The Kier molecular flexibility index (Phi) is 5.91. The van der Waals surface area contributed by atoms with E-state index in [1.807, 2.05) is 65.3 Å². The second-order valence-corrected chi connectivity index (χ2v) is 8.32. The van der Waals surface area contributed by atoms with Crippen molar-refractivity contribution in [3.8, 4) is 16.9 Å². The average Bonchev–Trinajstić information content (AvgIpc) is 3.38. The van der Waals surface area contributed by atoms with Crippen LogP contribution in [0.4, 0.5) is 5.82 Å². The quantitative estimate of drug-likeness (QED) is 0.497. The summed E-state index contributed by atoms with van der Waals surface area (Å²) in [6.45, 7) is 0. The van der Waals surface area contributed by atoms with Crippen LogP contribution in [0.15, 0.2) is 65.1 Å². The molecule has 1 saturated carbocycles. The van der Waals surface area contributed by atoms with Gasteiger partial charge in [0.05, 0.1) is 11.4 Å². The highest BCUT2D eigenvalue weighted by Gasteiger charge is 2.18.